The zero-order valence-electron chi connectivity index (χ0n) is 9.98. The first kappa shape index (κ1) is 12.0. The number of hydrogen-bond acceptors (Lipinski definition) is 6. The minimum Gasteiger partial charge on any atom is -0.481 e. The molecule has 1 aliphatic heterocycles. The number of para-hydroxylation sites is 1. The fourth-order valence-corrected chi connectivity index (χ4v) is 1.32. The lowest BCUT2D eigenvalue weighted by atomic mass is 10.3. The Kier molecular flexibility index (Phi) is 3.52. The molecule has 0 aromatic heterocycles. The fourth-order valence-electron chi connectivity index (χ4n) is 1.32. The summed E-state index contributed by atoms with van der Waals surface area (Å²) in [5.74, 6) is 0.363. The average Bonchev–Trinajstić information content (AvgIpc) is 2.41. The summed E-state index contributed by atoms with van der Waals surface area (Å²) in [5.41, 5.74) is 5.79. The first-order valence-electron chi connectivity index (χ1n) is 5.19. The fraction of sp³-hybridized carbons (Fsp3) is 0.182. The van der Waals surface area contributed by atoms with Gasteiger partial charge < -0.3 is 9.47 Å². The molecule has 1 heterocycles. The van der Waals surface area contributed by atoms with Crippen molar-refractivity contribution in [1.29, 1.82) is 0 Å². The molecule has 0 unspecified atom stereocenters. The average molecular weight is 252 g/mol. The van der Waals surface area contributed by atoms with Crippen molar-refractivity contribution in [3.05, 3.63) is 42.0 Å². The SMILES string of the molecule is COC1=CC(OC)=NN(Nc2ccccc2F)N1. The van der Waals surface area contributed by atoms with Crippen LogP contribution in [0.3, 0.4) is 0 Å². The summed E-state index contributed by atoms with van der Waals surface area (Å²) >= 11 is 0. The van der Waals surface area contributed by atoms with Gasteiger partial charge in [0.2, 0.25) is 11.8 Å². The predicted octanol–water partition coefficient (Wildman–Crippen LogP) is 1.42. The number of anilines is 1. The summed E-state index contributed by atoms with van der Waals surface area (Å²) < 4.78 is 23.5. The van der Waals surface area contributed by atoms with Gasteiger partial charge >= 0.3 is 0 Å². The summed E-state index contributed by atoms with van der Waals surface area (Å²) in [6.07, 6.45) is 1.57. The van der Waals surface area contributed by atoms with Crippen molar-refractivity contribution in [3.8, 4) is 0 Å². The van der Waals surface area contributed by atoms with Gasteiger partial charge in [0.25, 0.3) is 0 Å². The van der Waals surface area contributed by atoms with Crippen LogP contribution in [0.25, 0.3) is 0 Å². The van der Waals surface area contributed by atoms with Crippen LogP contribution >= 0.6 is 0 Å². The molecule has 6 nitrogen and oxygen atoms in total. The van der Waals surface area contributed by atoms with Crippen molar-refractivity contribution >= 4 is 11.6 Å². The van der Waals surface area contributed by atoms with Crippen molar-refractivity contribution in [1.82, 2.24) is 10.7 Å². The number of nitrogens with zero attached hydrogens (tertiary/aromatic N) is 2. The summed E-state index contributed by atoms with van der Waals surface area (Å²) in [5, 5.41) is 5.22. The molecule has 0 amide bonds. The highest BCUT2D eigenvalue weighted by Crippen LogP contribution is 2.14. The molecule has 0 aliphatic carbocycles. The van der Waals surface area contributed by atoms with Gasteiger partial charge in [0.05, 0.1) is 26.0 Å². The Morgan fingerprint density at radius 2 is 2.06 bits per heavy atom. The first-order chi connectivity index (χ1) is 8.72. The molecule has 96 valence electrons. The number of halogens is 1. The number of benzene rings is 1. The minimum absolute atomic E-state index is 0.279. The van der Waals surface area contributed by atoms with Gasteiger partial charge in [-0.05, 0) is 12.1 Å². The highest BCUT2D eigenvalue weighted by molar-refractivity contribution is 5.88. The van der Waals surface area contributed by atoms with Crippen molar-refractivity contribution in [2.75, 3.05) is 19.6 Å². The van der Waals surface area contributed by atoms with Crippen LogP contribution in [0.4, 0.5) is 10.1 Å². The van der Waals surface area contributed by atoms with E-state index >= 15 is 0 Å². The van der Waals surface area contributed by atoms with E-state index in [0.29, 0.717) is 11.8 Å². The lowest BCUT2D eigenvalue weighted by Crippen LogP contribution is -2.42. The Balaban J connectivity index is 2.14. The van der Waals surface area contributed by atoms with E-state index in [1.807, 2.05) is 0 Å². The van der Waals surface area contributed by atoms with Crippen molar-refractivity contribution in [2.45, 2.75) is 0 Å². The second-order valence-corrected chi connectivity index (χ2v) is 3.37. The second-order valence-electron chi connectivity index (χ2n) is 3.37. The third-order valence-electron chi connectivity index (χ3n) is 2.20. The van der Waals surface area contributed by atoms with Crippen LogP contribution in [0.2, 0.25) is 0 Å². The maximum atomic E-state index is 13.5. The molecule has 0 atom stereocenters. The van der Waals surface area contributed by atoms with Gasteiger partial charge in [-0.3, -0.25) is 5.43 Å². The van der Waals surface area contributed by atoms with Gasteiger partial charge in [-0.15, -0.1) is 5.23 Å². The van der Waals surface area contributed by atoms with E-state index in [1.54, 1.807) is 24.3 Å². The maximum Gasteiger partial charge on any atom is 0.240 e. The van der Waals surface area contributed by atoms with Gasteiger partial charge in [-0.1, -0.05) is 17.2 Å². The van der Waals surface area contributed by atoms with Crippen molar-refractivity contribution in [2.24, 2.45) is 5.10 Å². The molecule has 1 aromatic carbocycles. The van der Waals surface area contributed by atoms with Gasteiger partial charge in [0, 0.05) is 0 Å². The standard InChI is InChI=1S/C11H13FN4O2/c1-17-10-7-11(18-2)15-16(14-10)13-9-6-4-3-5-8(9)12/h3-7,13-14H,1-2H3. The van der Waals surface area contributed by atoms with Crippen LogP contribution in [0.5, 0.6) is 0 Å². The molecule has 1 aliphatic rings. The third kappa shape index (κ3) is 2.62. The molecular formula is C11H13FN4O2. The molecule has 2 rings (SSSR count). The van der Waals surface area contributed by atoms with E-state index < -0.39 is 0 Å². The first-order valence-corrected chi connectivity index (χ1v) is 5.19. The Labute approximate surface area is 104 Å². The normalized spacial score (nSPS) is 14.3. The van der Waals surface area contributed by atoms with Crippen LogP contribution in [0, 0.1) is 5.82 Å². The number of hydrazone groups is 1. The smallest absolute Gasteiger partial charge is 0.240 e. The third-order valence-corrected chi connectivity index (χ3v) is 2.20. The lowest BCUT2D eigenvalue weighted by Gasteiger charge is -2.26. The molecule has 0 saturated carbocycles. The minimum atomic E-state index is -0.387. The van der Waals surface area contributed by atoms with E-state index in [0.717, 1.165) is 0 Å². The van der Waals surface area contributed by atoms with E-state index in [-0.39, 0.29) is 11.5 Å². The van der Waals surface area contributed by atoms with Crippen molar-refractivity contribution < 1.29 is 13.9 Å². The highest BCUT2D eigenvalue weighted by atomic mass is 19.1. The Bertz CT molecular complexity index is 490. The summed E-state index contributed by atoms with van der Waals surface area (Å²) in [7, 11) is 2.98. The Morgan fingerprint density at radius 3 is 2.72 bits per heavy atom. The van der Waals surface area contributed by atoms with E-state index in [2.05, 4.69) is 16.0 Å². The van der Waals surface area contributed by atoms with Crippen LogP contribution in [0.1, 0.15) is 0 Å². The van der Waals surface area contributed by atoms with E-state index in [4.69, 9.17) is 9.47 Å². The number of rotatable bonds is 3. The molecule has 2 N–H and O–H groups in total. The second kappa shape index (κ2) is 5.26. The summed E-state index contributed by atoms with van der Waals surface area (Å²) in [4.78, 5) is 0. The maximum absolute atomic E-state index is 13.5. The van der Waals surface area contributed by atoms with Gasteiger partial charge in [-0.25, -0.2) is 9.82 Å². The number of hydrogen-bond donors (Lipinski definition) is 2. The molecule has 0 saturated heterocycles. The van der Waals surface area contributed by atoms with Crippen LogP contribution in [-0.4, -0.2) is 25.3 Å². The molecule has 0 spiro atoms. The number of hydrazine groups is 2. The molecule has 0 fully saturated rings. The van der Waals surface area contributed by atoms with E-state index in [9.17, 15) is 4.39 Å². The number of methoxy groups -OCH3 is 2. The monoisotopic (exact) mass is 252 g/mol. The topological polar surface area (TPSA) is 58.1 Å². The number of ether oxygens (including phenoxy) is 2. The highest BCUT2D eigenvalue weighted by Gasteiger charge is 2.14. The van der Waals surface area contributed by atoms with Crippen LogP contribution < -0.4 is 10.9 Å². The zero-order valence-corrected chi connectivity index (χ0v) is 9.98. The molecule has 7 heteroatoms. The largest absolute Gasteiger partial charge is 0.481 e. The predicted molar refractivity (Wildman–Crippen MR) is 64.5 cm³/mol. The van der Waals surface area contributed by atoms with Gasteiger partial charge in [0.1, 0.15) is 5.82 Å². The molecule has 0 bridgehead atoms. The Hall–Kier alpha value is -2.44. The lowest BCUT2D eigenvalue weighted by molar-refractivity contribution is 0.156. The Morgan fingerprint density at radius 1 is 1.28 bits per heavy atom. The molecule has 0 radical (unpaired) electrons. The van der Waals surface area contributed by atoms with E-state index in [1.165, 1.54) is 25.5 Å². The molecule has 1 aromatic rings. The van der Waals surface area contributed by atoms with Crippen LogP contribution in [0.15, 0.2) is 41.3 Å². The van der Waals surface area contributed by atoms with Crippen molar-refractivity contribution in [3.63, 3.8) is 0 Å². The quantitative estimate of drug-likeness (QED) is 0.852. The molecule has 18 heavy (non-hydrogen) atoms. The summed E-state index contributed by atoms with van der Waals surface area (Å²) in [6, 6.07) is 6.25. The van der Waals surface area contributed by atoms with Gasteiger partial charge in [-0.2, -0.15) is 0 Å². The summed E-state index contributed by atoms with van der Waals surface area (Å²) in [6.45, 7) is 0. The zero-order chi connectivity index (χ0) is 13.0. The van der Waals surface area contributed by atoms with Gasteiger partial charge in [0.15, 0.2) is 0 Å². The number of nitrogens with one attached hydrogen (secondary N) is 2. The van der Waals surface area contributed by atoms with Crippen LogP contribution in [-0.2, 0) is 9.47 Å². The molecular weight excluding hydrogens is 239 g/mol.